The Labute approximate surface area is 115 Å². The first-order chi connectivity index (χ1) is 9.56. The molecule has 2 aromatic heterocycles. The number of hydrogen-bond donors (Lipinski definition) is 0. The van der Waals surface area contributed by atoms with Crippen molar-refractivity contribution in [2.45, 2.75) is 19.9 Å². The highest BCUT2D eigenvalue weighted by atomic mass is 16.5. The molecule has 0 N–H and O–H groups in total. The molecule has 0 fully saturated rings. The van der Waals surface area contributed by atoms with Crippen molar-refractivity contribution in [1.29, 1.82) is 0 Å². The van der Waals surface area contributed by atoms with Crippen LogP contribution in [0.1, 0.15) is 12.5 Å². The van der Waals surface area contributed by atoms with E-state index in [0.29, 0.717) is 23.2 Å². The largest absolute Gasteiger partial charge is 0.495 e. The van der Waals surface area contributed by atoms with Crippen molar-refractivity contribution in [2.24, 2.45) is 7.05 Å². The maximum atomic E-state index is 12.5. The topological polar surface area (TPSA) is 66.1 Å². The second-order valence-corrected chi connectivity index (χ2v) is 4.41. The van der Waals surface area contributed by atoms with Gasteiger partial charge in [0.15, 0.2) is 5.65 Å². The van der Waals surface area contributed by atoms with Crippen LogP contribution in [0.5, 0.6) is 5.75 Å². The van der Waals surface area contributed by atoms with Crippen LogP contribution in [-0.2, 0) is 20.0 Å². The fourth-order valence-corrected chi connectivity index (χ4v) is 2.24. The van der Waals surface area contributed by atoms with Crippen molar-refractivity contribution in [2.75, 3.05) is 7.11 Å². The van der Waals surface area contributed by atoms with Gasteiger partial charge in [0.1, 0.15) is 11.1 Å². The third-order valence-corrected chi connectivity index (χ3v) is 3.28. The van der Waals surface area contributed by atoms with Gasteiger partial charge in [0.25, 0.3) is 5.56 Å². The van der Waals surface area contributed by atoms with Gasteiger partial charge in [-0.3, -0.25) is 13.9 Å². The third-order valence-electron chi connectivity index (χ3n) is 3.28. The minimum atomic E-state index is -0.416. The summed E-state index contributed by atoms with van der Waals surface area (Å²) in [5, 5.41) is 0.329. The van der Waals surface area contributed by atoms with Crippen LogP contribution in [0.2, 0.25) is 0 Å². The minimum Gasteiger partial charge on any atom is -0.495 e. The molecule has 0 saturated heterocycles. The van der Waals surface area contributed by atoms with E-state index >= 15 is 0 Å². The van der Waals surface area contributed by atoms with Gasteiger partial charge in [-0.05, 0) is 6.42 Å². The van der Waals surface area contributed by atoms with Crippen LogP contribution >= 0.6 is 0 Å². The molecule has 0 spiro atoms. The van der Waals surface area contributed by atoms with Crippen LogP contribution < -0.4 is 16.0 Å². The molecule has 0 atom stereocenters. The zero-order valence-corrected chi connectivity index (χ0v) is 11.8. The highest BCUT2D eigenvalue weighted by Gasteiger charge is 2.17. The summed E-state index contributed by atoms with van der Waals surface area (Å²) in [7, 11) is 3.10. The van der Waals surface area contributed by atoms with E-state index in [1.165, 1.54) is 17.8 Å². The maximum absolute atomic E-state index is 12.5. The number of nitrogens with zero attached hydrogens (tertiary/aromatic N) is 3. The monoisotopic (exact) mass is 275 g/mol. The number of pyridine rings is 1. The van der Waals surface area contributed by atoms with Gasteiger partial charge in [0.2, 0.25) is 0 Å². The Balaban J connectivity index is 3.05. The summed E-state index contributed by atoms with van der Waals surface area (Å²) in [6, 6.07) is 0. The Bertz CT molecular complexity index is 787. The smallest absolute Gasteiger partial charge is 0.332 e. The number of aryl methyl sites for hydroxylation is 2. The van der Waals surface area contributed by atoms with Crippen molar-refractivity contribution in [3.63, 3.8) is 0 Å². The highest BCUT2D eigenvalue weighted by Crippen LogP contribution is 2.24. The summed E-state index contributed by atoms with van der Waals surface area (Å²) in [4.78, 5) is 28.9. The summed E-state index contributed by atoms with van der Waals surface area (Å²) >= 11 is 0. The van der Waals surface area contributed by atoms with E-state index in [4.69, 9.17) is 4.74 Å². The van der Waals surface area contributed by atoms with Crippen molar-refractivity contribution in [3.8, 4) is 5.75 Å². The molecule has 6 nitrogen and oxygen atoms in total. The van der Waals surface area contributed by atoms with E-state index in [0.717, 1.165) is 10.1 Å². The van der Waals surface area contributed by atoms with Crippen molar-refractivity contribution >= 4 is 11.0 Å². The maximum Gasteiger partial charge on any atom is 0.332 e. The van der Waals surface area contributed by atoms with Gasteiger partial charge in [-0.1, -0.05) is 13.0 Å². The lowest BCUT2D eigenvalue weighted by molar-refractivity contribution is 0.413. The molecule has 20 heavy (non-hydrogen) atoms. The first kappa shape index (κ1) is 14.0. The minimum absolute atomic E-state index is 0.154. The fourth-order valence-electron chi connectivity index (χ4n) is 2.24. The van der Waals surface area contributed by atoms with Crippen LogP contribution in [0.4, 0.5) is 0 Å². The van der Waals surface area contributed by atoms with E-state index in [1.54, 1.807) is 13.2 Å². The Kier molecular flexibility index (Phi) is 3.74. The summed E-state index contributed by atoms with van der Waals surface area (Å²) in [6.45, 7) is 5.68. The predicted molar refractivity (Wildman–Crippen MR) is 77.4 cm³/mol. The number of hydrogen-bond acceptors (Lipinski definition) is 4. The number of allylic oxidation sites excluding steroid dienone is 1. The molecule has 0 aliphatic heterocycles. The van der Waals surface area contributed by atoms with E-state index in [2.05, 4.69) is 11.6 Å². The fraction of sp³-hybridized carbons (Fsp3) is 0.357. The summed E-state index contributed by atoms with van der Waals surface area (Å²) in [5.41, 5.74) is 0.346. The number of aromatic nitrogens is 3. The molecule has 2 aromatic rings. The molecule has 0 aliphatic carbocycles. The molecule has 0 aliphatic rings. The first-order valence-electron chi connectivity index (χ1n) is 6.33. The lowest BCUT2D eigenvalue weighted by Gasteiger charge is -2.13. The average molecular weight is 275 g/mol. The molecule has 0 amide bonds. The molecule has 0 saturated carbocycles. The molecule has 2 rings (SSSR count). The van der Waals surface area contributed by atoms with Crippen LogP contribution in [0.3, 0.4) is 0 Å². The number of ether oxygens (including phenoxy) is 1. The Morgan fingerprint density at radius 3 is 2.70 bits per heavy atom. The lowest BCUT2D eigenvalue weighted by atomic mass is 10.1. The zero-order valence-electron chi connectivity index (χ0n) is 11.8. The summed E-state index contributed by atoms with van der Waals surface area (Å²) in [5.74, 6) is 0.482. The van der Waals surface area contributed by atoms with E-state index in [1.807, 2.05) is 6.92 Å². The first-order valence-corrected chi connectivity index (χ1v) is 6.33. The Hall–Kier alpha value is -2.37. The standard InChI is InChI=1S/C14H17N3O3/c1-5-7-17-13(18)10-11(20-4)9(6-2)8-15-12(10)16(3)14(17)19/h5,8H,1,6-7H2,2-4H3. The van der Waals surface area contributed by atoms with E-state index in [-0.39, 0.29) is 6.54 Å². The van der Waals surface area contributed by atoms with Gasteiger partial charge in [-0.2, -0.15) is 0 Å². The average Bonchev–Trinajstić information content (AvgIpc) is 2.47. The molecule has 2 heterocycles. The molecular formula is C14H17N3O3. The number of rotatable bonds is 4. The van der Waals surface area contributed by atoms with E-state index < -0.39 is 11.2 Å². The van der Waals surface area contributed by atoms with Gasteiger partial charge in [0.05, 0.1) is 7.11 Å². The molecule has 106 valence electrons. The number of fused-ring (bicyclic) bond motifs is 1. The van der Waals surface area contributed by atoms with Gasteiger partial charge in [0, 0.05) is 25.4 Å². The lowest BCUT2D eigenvalue weighted by Crippen LogP contribution is -2.39. The molecule has 0 bridgehead atoms. The Morgan fingerprint density at radius 1 is 1.45 bits per heavy atom. The molecule has 0 aromatic carbocycles. The SMILES string of the molecule is C=CCn1c(=O)c2c(OC)c(CC)cnc2n(C)c1=O. The number of methoxy groups -OCH3 is 1. The van der Waals surface area contributed by atoms with Crippen molar-refractivity contribution in [1.82, 2.24) is 14.1 Å². The molecular weight excluding hydrogens is 258 g/mol. The molecule has 0 unspecified atom stereocenters. The quantitative estimate of drug-likeness (QED) is 0.776. The third kappa shape index (κ3) is 1.93. The predicted octanol–water partition coefficient (Wildman–Crippen LogP) is 0.852. The van der Waals surface area contributed by atoms with Crippen LogP contribution in [0.15, 0.2) is 28.4 Å². The second kappa shape index (κ2) is 5.32. The molecule has 0 radical (unpaired) electrons. The van der Waals surface area contributed by atoms with Crippen molar-refractivity contribution in [3.05, 3.63) is 45.3 Å². The highest BCUT2D eigenvalue weighted by molar-refractivity contribution is 5.82. The molecule has 6 heteroatoms. The van der Waals surface area contributed by atoms with E-state index in [9.17, 15) is 9.59 Å². The van der Waals surface area contributed by atoms with Crippen LogP contribution in [-0.4, -0.2) is 21.2 Å². The van der Waals surface area contributed by atoms with Crippen molar-refractivity contribution < 1.29 is 4.74 Å². The van der Waals surface area contributed by atoms with Gasteiger partial charge in [-0.25, -0.2) is 9.78 Å². The second-order valence-electron chi connectivity index (χ2n) is 4.41. The van der Waals surface area contributed by atoms with Crippen LogP contribution in [0, 0.1) is 0 Å². The Morgan fingerprint density at radius 2 is 2.15 bits per heavy atom. The van der Waals surface area contributed by atoms with Crippen LogP contribution in [0.25, 0.3) is 11.0 Å². The zero-order chi connectivity index (χ0) is 14.9. The normalized spacial score (nSPS) is 10.8. The van der Waals surface area contributed by atoms with Gasteiger partial charge >= 0.3 is 5.69 Å². The summed E-state index contributed by atoms with van der Waals surface area (Å²) in [6.07, 6.45) is 3.84. The summed E-state index contributed by atoms with van der Waals surface area (Å²) < 4.78 is 7.84. The van der Waals surface area contributed by atoms with Gasteiger partial charge < -0.3 is 4.74 Å². The van der Waals surface area contributed by atoms with Gasteiger partial charge in [-0.15, -0.1) is 6.58 Å².